The molecular formula is C12H15ClN2O3. The SMILES string of the molecule is CC[C@H](N)C(=O)N[C@@H](C(=O)O)c1ccccc1Cl. The highest BCUT2D eigenvalue weighted by Gasteiger charge is 2.25. The molecular weight excluding hydrogens is 256 g/mol. The number of benzene rings is 1. The van der Waals surface area contributed by atoms with Crippen LogP contribution in [0, 0.1) is 0 Å². The Hall–Kier alpha value is -1.59. The summed E-state index contributed by atoms with van der Waals surface area (Å²) < 4.78 is 0. The van der Waals surface area contributed by atoms with Crippen LogP contribution in [0.15, 0.2) is 24.3 Å². The van der Waals surface area contributed by atoms with Gasteiger partial charge in [-0.2, -0.15) is 0 Å². The molecule has 4 N–H and O–H groups in total. The van der Waals surface area contributed by atoms with E-state index in [-0.39, 0.29) is 5.02 Å². The lowest BCUT2D eigenvalue weighted by molar-refractivity contribution is -0.142. The van der Waals surface area contributed by atoms with Gasteiger partial charge < -0.3 is 16.2 Å². The highest BCUT2D eigenvalue weighted by molar-refractivity contribution is 6.31. The molecule has 0 saturated heterocycles. The van der Waals surface area contributed by atoms with Gasteiger partial charge in [0.05, 0.1) is 6.04 Å². The molecule has 2 atom stereocenters. The van der Waals surface area contributed by atoms with Crippen molar-refractivity contribution in [3.63, 3.8) is 0 Å². The summed E-state index contributed by atoms with van der Waals surface area (Å²) in [4.78, 5) is 22.8. The molecule has 0 aliphatic rings. The van der Waals surface area contributed by atoms with Gasteiger partial charge in [-0.3, -0.25) is 4.79 Å². The van der Waals surface area contributed by atoms with Crippen LogP contribution in [-0.4, -0.2) is 23.0 Å². The van der Waals surface area contributed by atoms with Crippen LogP contribution in [0.2, 0.25) is 5.02 Å². The number of carbonyl (C=O) groups excluding carboxylic acids is 1. The number of nitrogens with two attached hydrogens (primary N) is 1. The summed E-state index contributed by atoms with van der Waals surface area (Å²) in [5.74, 6) is -1.69. The predicted octanol–water partition coefficient (Wildman–Crippen LogP) is 1.32. The van der Waals surface area contributed by atoms with Crippen LogP contribution in [0.25, 0.3) is 0 Å². The molecule has 98 valence electrons. The molecule has 0 radical (unpaired) electrons. The van der Waals surface area contributed by atoms with E-state index in [1.54, 1.807) is 31.2 Å². The second-order valence-corrected chi connectivity index (χ2v) is 4.22. The molecule has 1 amide bonds. The number of halogens is 1. The third-order valence-corrected chi connectivity index (χ3v) is 2.87. The summed E-state index contributed by atoms with van der Waals surface area (Å²) in [6, 6.07) is 4.54. The van der Waals surface area contributed by atoms with Gasteiger partial charge >= 0.3 is 5.97 Å². The van der Waals surface area contributed by atoms with Crippen molar-refractivity contribution in [2.45, 2.75) is 25.4 Å². The molecule has 18 heavy (non-hydrogen) atoms. The summed E-state index contributed by atoms with van der Waals surface area (Å²) in [5, 5.41) is 11.8. The van der Waals surface area contributed by atoms with Gasteiger partial charge in [-0.25, -0.2) is 4.79 Å². The Bertz CT molecular complexity index is 451. The number of rotatable bonds is 5. The van der Waals surface area contributed by atoms with Crippen molar-refractivity contribution in [2.75, 3.05) is 0 Å². The van der Waals surface area contributed by atoms with Gasteiger partial charge in [0.15, 0.2) is 6.04 Å². The lowest BCUT2D eigenvalue weighted by atomic mass is 10.1. The molecule has 0 fully saturated rings. The molecule has 0 aliphatic heterocycles. The van der Waals surface area contributed by atoms with Crippen molar-refractivity contribution in [1.29, 1.82) is 0 Å². The summed E-state index contributed by atoms with van der Waals surface area (Å²) in [5.41, 5.74) is 5.88. The fourth-order valence-electron chi connectivity index (χ4n) is 1.42. The van der Waals surface area contributed by atoms with E-state index in [1.807, 2.05) is 0 Å². The van der Waals surface area contributed by atoms with Crippen molar-refractivity contribution >= 4 is 23.5 Å². The number of carboxylic acid groups (broad SMARTS) is 1. The second-order valence-electron chi connectivity index (χ2n) is 3.82. The number of aliphatic carboxylic acids is 1. The predicted molar refractivity (Wildman–Crippen MR) is 68.2 cm³/mol. The van der Waals surface area contributed by atoms with Crippen LogP contribution in [0.3, 0.4) is 0 Å². The molecule has 1 aromatic carbocycles. The average Bonchev–Trinajstić information content (AvgIpc) is 2.35. The van der Waals surface area contributed by atoms with E-state index in [2.05, 4.69) is 5.32 Å². The summed E-state index contributed by atoms with van der Waals surface area (Å²) >= 11 is 5.91. The van der Waals surface area contributed by atoms with Gasteiger partial charge in [0.25, 0.3) is 0 Å². The van der Waals surface area contributed by atoms with Gasteiger partial charge in [0.2, 0.25) is 5.91 Å². The minimum absolute atomic E-state index is 0.287. The third kappa shape index (κ3) is 3.45. The number of amides is 1. The van der Waals surface area contributed by atoms with Crippen molar-refractivity contribution in [1.82, 2.24) is 5.32 Å². The van der Waals surface area contributed by atoms with Crippen molar-refractivity contribution < 1.29 is 14.7 Å². The second kappa shape index (κ2) is 6.37. The Morgan fingerprint density at radius 3 is 2.56 bits per heavy atom. The Morgan fingerprint density at radius 1 is 1.44 bits per heavy atom. The van der Waals surface area contributed by atoms with E-state index >= 15 is 0 Å². The van der Waals surface area contributed by atoms with E-state index in [9.17, 15) is 9.59 Å². The molecule has 1 rings (SSSR count). The van der Waals surface area contributed by atoms with Crippen LogP contribution in [-0.2, 0) is 9.59 Å². The fourth-order valence-corrected chi connectivity index (χ4v) is 1.66. The van der Waals surface area contributed by atoms with Gasteiger partial charge in [0, 0.05) is 10.6 Å². The van der Waals surface area contributed by atoms with Crippen molar-refractivity contribution in [3.8, 4) is 0 Å². The summed E-state index contributed by atoms with van der Waals surface area (Å²) in [6.45, 7) is 1.75. The van der Waals surface area contributed by atoms with E-state index in [1.165, 1.54) is 0 Å². The highest BCUT2D eigenvalue weighted by atomic mass is 35.5. The number of carbonyl (C=O) groups is 2. The maximum atomic E-state index is 11.6. The van der Waals surface area contributed by atoms with Crippen LogP contribution in [0.5, 0.6) is 0 Å². The minimum atomic E-state index is -1.19. The Labute approximate surface area is 110 Å². The van der Waals surface area contributed by atoms with Gasteiger partial charge in [-0.1, -0.05) is 36.7 Å². The zero-order chi connectivity index (χ0) is 13.7. The van der Waals surface area contributed by atoms with Crippen LogP contribution in [0.4, 0.5) is 0 Å². The maximum absolute atomic E-state index is 11.6. The molecule has 0 heterocycles. The van der Waals surface area contributed by atoms with Crippen LogP contribution >= 0.6 is 11.6 Å². The first kappa shape index (κ1) is 14.5. The first-order valence-corrected chi connectivity index (χ1v) is 5.88. The van der Waals surface area contributed by atoms with Crippen LogP contribution < -0.4 is 11.1 Å². The molecule has 0 bridgehead atoms. The van der Waals surface area contributed by atoms with E-state index < -0.39 is 24.0 Å². The number of hydrogen-bond acceptors (Lipinski definition) is 3. The van der Waals surface area contributed by atoms with Gasteiger partial charge in [-0.15, -0.1) is 0 Å². The molecule has 0 unspecified atom stereocenters. The van der Waals surface area contributed by atoms with Crippen molar-refractivity contribution in [3.05, 3.63) is 34.9 Å². The maximum Gasteiger partial charge on any atom is 0.330 e. The first-order chi connectivity index (χ1) is 8.47. The molecule has 5 nitrogen and oxygen atoms in total. The zero-order valence-electron chi connectivity index (χ0n) is 9.89. The Kier molecular flexibility index (Phi) is 5.12. The lowest BCUT2D eigenvalue weighted by Gasteiger charge is -2.18. The van der Waals surface area contributed by atoms with E-state index in [0.29, 0.717) is 12.0 Å². The molecule has 0 aromatic heterocycles. The molecule has 0 aliphatic carbocycles. The quantitative estimate of drug-likeness (QED) is 0.752. The summed E-state index contributed by atoms with van der Waals surface area (Å²) in [7, 11) is 0. The summed E-state index contributed by atoms with van der Waals surface area (Å²) in [6.07, 6.45) is 0.431. The zero-order valence-corrected chi connectivity index (χ0v) is 10.6. The smallest absolute Gasteiger partial charge is 0.330 e. The highest BCUT2D eigenvalue weighted by Crippen LogP contribution is 2.22. The molecule has 6 heteroatoms. The van der Waals surface area contributed by atoms with E-state index in [4.69, 9.17) is 22.4 Å². The first-order valence-electron chi connectivity index (χ1n) is 5.50. The molecule has 1 aromatic rings. The Balaban J connectivity index is 2.95. The average molecular weight is 271 g/mol. The fraction of sp³-hybridized carbons (Fsp3) is 0.333. The largest absolute Gasteiger partial charge is 0.479 e. The number of carboxylic acids is 1. The van der Waals surface area contributed by atoms with Crippen molar-refractivity contribution in [2.24, 2.45) is 5.73 Å². The monoisotopic (exact) mass is 270 g/mol. The lowest BCUT2D eigenvalue weighted by Crippen LogP contribution is -2.44. The molecule has 0 saturated carbocycles. The van der Waals surface area contributed by atoms with E-state index in [0.717, 1.165) is 0 Å². The third-order valence-electron chi connectivity index (χ3n) is 2.53. The van der Waals surface area contributed by atoms with Crippen LogP contribution in [0.1, 0.15) is 24.9 Å². The Morgan fingerprint density at radius 2 is 2.06 bits per heavy atom. The van der Waals surface area contributed by atoms with Gasteiger partial charge in [-0.05, 0) is 12.5 Å². The van der Waals surface area contributed by atoms with Gasteiger partial charge in [0.1, 0.15) is 0 Å². The normalized spacial score (nSPS) is 13.7. The molecule has 0 spiro atoms. The topological polar surface area (TPSA) is 92.4 Å². The number of hydrogen-bond donors (Lipinski definition) is 3. The standard InChI is InChI=1S/C12H15ClN2O3/c1-2-9(14)11(16)15-10(12(17)18)7-5-3-4-6-8(7)13/h3-6,9-10H,2,14H2,1H3,(H,15,16)(H,17,18)/t9-,10+/m0/s1. The minimum Gasteiger partial charge on any atom is -0.479 e. The number of nitrogens with one attached hydrogen (secondary N) is 1.